The van der Waals surface area contributed by atoms with E-state index in [1.54, 1.807) is 28.8 Å². The van der Waals surface area contributed by atoms with Gasteiger partial charge in [-0.05, 0) is 23.6 Å². The number of imidazole rings is 1. The molecule has 0 saturated carbocycles. The summed E-state index contributed by atoms with van der Waals surface area (Å²) in [4.78, 5) is 15.4. The summed E-state index contributed by atoms with van der Waals surface area (Å²) in [6.07, 6.45) is 1.16. The maximum absolute atomic E-state index is 14.6. The lowest BCUT2D eigenvalue weighted by Crippen LogP contribution is -2.06. The highest BCUT2D eigenvalue weighted by Gasteiger charge is 2.16. The van der Waals surface area contributed by atoms with Gasteiger partial charge in [0, 0.05) is 30.7 Å². The molecular weight excluding hydrogens is 414 g/mol. The van der Waals surface area contributed by atoms with E-state index in [1.165, 1.54) is 6.07 Å². The number of fused-ring (bicyclic) bond motifs is 1. The lowest BCUT2D eigenvalue weighted by atomic mass is 10.0. The number of aromatic nitrogens is 2. The van der Waals surface area contributed by atoms with Gasteiger partial charge in [0.2, 0.25) is 0 Å². The molecule has 164 valence electrons. The molecule has 32 heavy (non-hydrogen) atoms. The van der Waals surface area contributed by atoms with Crippen LogP contribution < -0.4 is 4.74 Å². The predicted octanol–water partition coefficient (Wildman–Crippen LogP) is 6.43. The quantitative estimate of drug-likeness (QED) is 0.268. The Kier molecular flexibility index (Phi) is 6.16. The van der Waals surface area contributed by atoms with E-state index in [0.29, 0.717) is 29.6 Å². The fourth-order valence-electron chi connectivity index (χ4n) is 3.79. The van der Waals surface area contributed by atoms with Crippen LogP contribution >= 0.6 is 0 Å². The Morgan fingerprint density at radius 1 is 1.09 bits per heavy atom. The first-order valence-corrected chi connectivity index (χ1v) is 10.4. The highest BCUT2D eigenvalue weighted by Crippen LogP contribution is 2.30. The maximum atomic E-state index is 14.6. The number of carboxylic acid groups (broad SMARTS) is 1. The zero-order chi connectivity index (χ0) is 22.7. The number of benzene rings is 3. The number of hydrogen-bond donors (Lipinski definition) is 1. The van der Waals surface area contributed by atoms with Gasteiger partial charge in [0.1, 0.15) is 22.9 Å². The Morgan fingerprint density at radius 2 is 1.84 bits per heavy atom. The second kappa shape index (κ2) is 9.18. The molecule has 0 unspecified atom stereocenters. The van der Waals surface area contributed by atoms with Gasteiger partial charge in [-0.3, -0.25) is 0 Å². The van der Waals surface area contributed by atoms with Crippen LogP contribution in [0.4, 0.5) is 13.6 Å². The van der Waals surface area contributed by atoms with Crippen molar-refractivity contribution >= 4 is 17.2 Å². The van der Waals surface area contributed by atoms with Gasteiger partial charge in [0.25, 0.3) is 0 Å². The first kappa shape index (κ1) is 21.5. The minimum absolute atomic E-state index is 0.249. The van der Waals surface area contributed by atoms with E-state index >= 15 is 0 Å². The van der Waals surface area contributed by atoms with E-state index in [4.69, 9.17) is 9.84 Å². The van der Waals surface area contributed by atoms with Crippen LogP contribution in [0.15, 0.2) is 60.7 Å². The largest absolute Gasteiger partial charge is 0.511 e. The summed E-state index contributed by atoms with van der Waals surface area (Å²) in [5.74, 6) is -0.310. The third kappa shape index (κ3) is 4.46. The average Bonchev–Trinajstić information content (AvgIpc) is 3.10. The predicted molar refractivity (Wildman–Crippen MR) is 118 cm³/mol. The molecule has 7 heteroatoms. The highest BCUT2D eigenvalue weighted by molar-refractivity contribution is 5.77. The monoisotopic (exact) mass is 436 g/mol. The van der Waals surface area contributed by atoms with Crippen LogP contribution in [0.1, 0.15) is 31.2 Å². The number of carbonyl (C=O) groups is 1. The summed E-state index contributed by atoms with van der Waals surface area (Å²) in [6.45, 7) is 2.45. The molecule has 0 aliphatic carbocycles. The molecular formula is C25H22F2N2O3. The van der Waals surface area contributed by atoms with Gasteiger partial charge in [-0.2, -0.15) is 0 Å². The normalized spacial score (nSPS) is 11.1. The first-order chi connectivity index (χ1) is 15.5. The van der Waals surface area contributed by atoms with E-state index in [1.807, 2.05) is 24.3 Å². The molecule has 1 N–H and O–H groups in total. The Labute approximate surface area is 183 Å². The van der Waals surface area contributed by atoms with Crippen LogP contribution in [-0.2, 0) is 13.0 Å². The summed E-state index contributed by atoms with van der Waals surface area (Å²) >= 11 is 0. The Balaban J connectivity index is 1.68. The summed E-state index contributed by atoms with van der Waals surface area (Å²) in [6, 6.07) is 16.5. The standard InChI is InChI=1S/C25H22F2N2O3/c1-2-3-8-23-28-21-14-18(26)13-20(27)24(21)29(23)15-16-9-11-17(12-10-16)19-6-4-5-7-22(19)32-25(30)31/h4-7,9-14H,2-3,8,15H2,1H3,(H,30,31). The first-order valence-electron chi connectivity index (χ1n) is 10.4. The number of hydrogen-bond acceptors (Lipinski definition) is 3. The van der Waals surface area contributed by atoms with Crippen molar-refractivity contribution in [1.82, 2.24) is 9.55 Å². The van der Waals surface area contributed by atoms with Gasteiger partial charge in [-0.1, -0.05) is 55.8 Å². The summed E-state index contributed by atoms with van der Waals surface area (Å²) in [5, 5.41) is 8.95. The number of para-hydroxylation sites is 1. The highest BCUT2D eigenvalue weighted by atomic mass is 19.1. The molecule has 0 saturated heterocycles. The second-order valence-corrected chi connectivity index (χ2v) is 7.53. The number of ether oxygens (including phenoxy) is 1. The van der Waals surface area contributed by atoms with Gasteiger partial charge in [-0.15, -0.1) is 0 Å². The molecule has 0 radical (unpaired) electrons. The van der Waals surface area contributed by atoms with Crippen LogP contribution in [0.2, 0.25) is 0 Å². The zero-order valence-electron chi connectivity index (χ0n) is 17.5. The molecule has 0 amide bonds. The minimum Gasteiger partial charge on any atom is -0.449 e. The van der Waals surface area contributed by atoms with Crippen molar-refractivity contribution in [2.45, 2.75) is 32.7 Å². The van der Waals surface area contributed by atoms with Gasteiger partial charge < -0.3 is 14.4 Å². The molecule has 0 aliphatic rings. The van der Waals surface area contributed by atoms with Crippen molar-refractivity contribution in [3.63, 3.8) is 0 Å². The number of aryl methyl sites for hydroxylation is 1. The van der Waals surface area contributed by atoms with E-state index in [-0.39, 0.29) is 5.75 Å². The summed E-state index contributed by atoms with van der Waals surface area (Å²) in [5.41, 5.74) is 2.96. The van der Waals surface area contributed by atoms with Crippen molar-refractivity contribution in [2.75, 3.05) is 0 Å². The van der Waals surface area contributed by atoms with Crippen molar-refractivity contribution in [3.8, 4) is 16.9 Å². The van der Waals surface area contributed by atoms with E-state index < -0.39 is 17.8 Å². The van der Waals surface area contributed by atoms with E-state index in [0.717, 1.165) is 35.9 Å². The molecule has 0 spiro atoms. The Morgan fingerprint density at radius 3 is 2.56 bits per heavy atom. The lowest BCUT2D eigenvalue weighted by molar-refractivity contribution is 0.144. The van der Waals surface area contributed by atoms with Crippen molar-refractivity contribution in [3.05, 3.63) is 83.7 Å². The van der Waals surface area contributed by atoms with Crippen LogP contribution in [0, 0.1) is 11.6 Å². The minimum atomic E-state index is -1.38. The fraction of sp³-hybridized carbons (Fsp3) is 0.200. The van der Waals surface area contributed by atoms with Gasteiger partial charge in [-0.25, -0.2) is 18.6 Å². The Bertz CT molecular complexity index is 1270. The maximum Gasteiger partial charge on any atom is 0.511 e. The van der Waals surface area contributed by atoms with Crippen LogP contribution in [0.25, 0.3) is 22.2 Å². The van der Waals surface area contributed by atoms with Gasteiger partial charge >= 0.3 is 6.16 Å². The Hall–Kier alpha value is -3.74. The van der Waals surface area contributed by atoms with E-state index in [9.17, 15) is 13.6 Å². The van der Waals surface area contributed by atoms with Gasteiger partial charge in [0.15, 0.2) is 5.82 Å². The molecule has 0 atom stereocenters. The van der Waals surface area contributed by atoms with Gasteiger partial charge in [0.05, 0.1) is 5.52 Å². The third-order valence-corrected chi connectivity index (χ3v) is 5.28. The summed E-state index contributed by atoms with van der Waals surface area (Å²) < 4.78 is 35.0. The smallest absolute Gasteiger partial charge is 0.449 e. The number of halogens is 2. The van der Waals surface area contributed by atoms with Crippen LogP contribution in [0.3, 0.4) is 0 Å². The fourth-order valence-corrected chi connectivity index (χ4v) is 3.79. The summed E-state index contributed by atoms with van der Waals surface area (Å²) in [7, 11) is 0. The number of nitrogens with zero attached hydrogens (tertiary/aromatic N) is 2. The third-order valence-electron chi connectivity index (χ3n) is 5.28. The lowest BCUT2D eigenvalue weighted by Gasteiger charge is -2.12. The van der Waals surface area contributed by atoms with Crippen molar-refractivity contribution in [1.29, 1.82) is 0 Å². The SMILES string of the molecule is CCCCc1nc2cc(F)cc(F)c2n1Cc1ccc(-c2ccccc2OC(=O)O)cc1. The number of unbranched alkanes of at least 4 members (excludes halogenated alkanes) is 1. The molecule has 5 nitrogen and oxygen atoms in total. The molecule has 0 fully saturated rings. The molecule has 1 aromatic heterocycles. The van der Waals surface area contributed by atoms with Crippen molar-refractivity contribution < 1.29 is 23.4 Å². The second-order valence-electron chi connectivity index (χ2n) is 7.53. The molecule has 4 rings (SSSR count). The van der Waals surface area contributed by atoms with E-state index in [2.05, 4.69) is 11.9 Å². The van der Waals surface area contributed by atoms with Crippen molar-refractivity contribution in [2.24, 2.45) is 0 Å². The number of rotatable bonds is 7. The molecule has 1 heterocycles. The van der Waals surface area contributed by atoms with Crippen LogP contribution in [-0.4, -0.2) is 20.8 Å². The molecule has 4 aromatic rings. The zero-order valence-corrected chi connectivity index (χ0v) is 17.5. The topological polar surface area (TPSA) is 64.4 Å². The molecule has 0 bridgehead atoms. The molecule has 0 aliphatic heterocycles. The van der Waals surface area contributed by atoms with Crippen LogP contribution in [0.5, 0.6) is 5.75 Å². The molecule has 3 aromatic carbocycles. The average molecular weight is 436 g/mol.